The lowest BCUT2D eigenvalue weighted by atomic mass is 10.1. The molecule has 0 bridgehead atoms. The zero-order valence-corrected chi connectivity index (χ0v) is 10.3. The van der Waals surface area contributed by atoms with Gasteiger partial charge in [0.05, 0.1) is 17.6 Å². The van der Waals surface area contributed by atoms with Crippen molar-refractivity contribution in [2.24, 2.45) is 5.73 Å². The SMILES string of the molecule is CCC(C(N)=S)N1CCN(CC(F)F)CC1. The number of nitrogens with two attached hydrogens (primary N) is 1. The van der Waals surface area contributed by atoms with Crippen LogP contribution in [0, 0.1) is 0 Å². The number of hydrogen-bond donors (Lipinski definition) is 1. The molecule has 1 heterocycles. The molecule has 16 heavy (non-hydrogen) atoms. The predicted molar refractivity (Wildman–Crippen MR) is 64.9 cm³/mol. The normalized spacial score (nSPS) is 21.2. The number of thiocarbonyl (C=S) groups is 1. The van der Waals surface area contributed by atoms with Crippen LogP contribution in [0.2, 0.25) is 0 Å². The second-order valence-electron chi connectivity index (χ2n) is 4.05. The van der Waals surface area contributed by atoms with E-state index in [-0.39, 0.29) is 12.6 Å². The first kappa shape index (κ1) is 13.7. The molecule has 1 fully saturated rings. The number of hydrogen-bond acceptors (Lipinski definition) is 3. The van der Waals surface area contributed by atoms with E-state index in [9.17, 15) is 8.78 Å². The van der Waals surface area contributed by atoms with Gasteiger partial charge in [-0.3, -0.25) is 9.80 Å². The molecule has 2 N–H and O–H groups in total. The van der Waals surface area contributed by atoms with Crippen LogP contribution in [0.3, 0.4) is 0 Å². The molecule has 6 heteroatoms. The Labute approximate surface area is 101 Å². The van der Waals surface area contributed by atoms with Crippen LogP contribution in [-0.4, -0.2) is 60.0 Å². The zero-order chi connectivity index (χ0) is 12.1. The summed E-state index contributed by atoms with van der Waals surface area (Å²) in [6.07, 6.45) is -1.37. The van der Waals surface area contributed by atoms with E-state index < -0.39 is 6.43 Å². The Morgan fingerprint density at radius 3 is 2.25 bits per heavy atom. The molecule has 1 aliphatic rings. The van der Waals surface area contributed by atoms with Gasteiger partial charge in [0.2, 0.25) is 0 Å². The number of halogens is 2. The van der Waals surface area contributed by atoms with Crippen LogP contribution in [0.5, 0.6) is 0 Å². The van der Waals surface area contributed by atoms with E-state index in [1.807, 2.05) is 6.92 Å². The third-order valence-corrected chi connectivity index (χ3v) is 3.23. The molecule has 0 aromatic rings. The second-order valence-corrected chi connectivity index (χ2v) is 4.53. The summed E-state index contributed by atoms with van der Waals surface area (Å²) in [7, 11) is 0. The highest BCUT2D eigenvalue weighted by Gasteiger charge is 2.25. The van der Waals surface area contributed by atoms with Crippen LogP contribution in [0.25, 0.3) is 0 Å². The highest BCUT2D eigenvalue weighted by molar-refractivity contribution is 7.80. The molecule has 94 valence electrons. The predicted octanol–water partition coefficient (Wildman–Crippen LogP) is 0.934. The minimum absolute atomic E-state index is 0.115. The van der Waals surface area contributed by atoms with Crippen LogP contribution in [0.1, 0.15) is 13.3 Å². The van der Waals surface area contributed by atoms with Gasteiger partial charge in [-0.05, 0) is 6.42 Å². The minimum atomic E-state index is -2.25. The van der Waals surface area contributed by atoms with Gasteiger partial charge in [0.1, 0.15) is 0 Å². The highest BCUT2D eigenvalue weighted by atomic mass is 32.1. The molecule has 1 aliphatic heterocycles. The topological polar surface area (TPSA) is 32.5 Å². The summed E-state index contributed by atoms with van der Waals surface area (Å²) < 4.78 is 24.3. The lowest BCUT2D eigenvalue weighted by Crippen LogP contribution is -2.54. The summed E-state index contributed by atoms with van der Waals surface area (Å²) in [6.45, 7) is 4.78. The van der Waals surface area contributed by atoms with Gasteiger partial charge in [0, 0.05) is 26.2 Å². The standard InChI is InChI=1S/C10H19F2N3S/c1-2-8(10(13)16)15-5-3-14(4-6-15)7-9(11)12/h8-9H,2-7H2,1H3,(H2,13,16). The fraction of sp³-hybridized carbons (Fsp3) is 0.900. The number of alkyl halides is 2. The highest BCUT2D eigenvalue weighted by Crippen LogP contribution is 2.10. The average Bonchev–Trinajstić information content (AvgIpc) is 2.20. The van der Waals surface area contributed by atoms with Crippen molar-refractivity contribution < 1.29 is 8.78 Å². The first-order valence-electron chi connectivity index (χ1n) is 5.58. The Bertz CT molecular complexity index is 230. The minimum Gasteiger partial charge on any atom is -0.392 e. The van der Waals surface area contributed by atoms with Crippen LogP contribution in [0.4, 0.5) is 8.78 Å². The number of rotatable bonds is 5. The van der Waals surface area contributed by atoms with Gasteiger partial charge in [0.25, 0.3) is 6.43 Å². The largest absolute Gasteiger partial charge is 0.392 e. The summed E-state index contributed by atoms with van der Waals surface area (Å²) >= 11 is 5.00. The van der Waals surface area contributed by atoms with E-state index in [2.05, 4.69) is 4.90 Å². The summed E-state index contributed by atoms with van der Waals surface area (Å²) in [6, 6.07) is 0.115. The molecule has 0 aromatic heterocycles. The lowest BCUT2D eigenvalue weighted by Gasteiger charge is -2.38. The van der Waals surface area contributed by atoms with Gasteiger partial charge < -0.3 is 5.73 Å². The van der Waals surface area contributed by atoms with Gasteiger partial charge in [-0.2, -0.15) is 0 Å². The smallest absolute Gasteiger partial charge is 0.251 e. The first-order chi connectivity index (χ1) is 7.54. The van der Waals surface area contributed by atoms with Gasteiger partial charge in [-0.1, -0.05) is 19.1 Å². The Kier molecular flexibility index (Phi) is 5.51. The van der Waals surface area contributed by atoms with Crippen molar-refractivity contribution in [2.75, 3.05) is 32.7 Å². The monoisotopic (exact) mass is 251 g/mol. The van der Waals surface area contributed by atoms with E-state index in [1.54, 1.807) is 4.90 Å². The maximum absolute atomic E-state index is 12.2. The van der Waals surface area contributed by atoms with E-state index >= 15 is 0 Å². The van der Waals surface area contributed by atoms with E-state index in [1.165, 1.54) is 0 Å². The molecule has 0 spiro atoms. The third-order valence-electron chi connectivity index (χ3n) is 2.96. The summed E-state index contributed by atoms with van der Waals surface area (Å²) in [4.78, 5) is 4.47. The molecule has 1 rings (SSSR count). The van der Waals surface area contributed by atoms with Crippen molar-refractivity contribution in [1.29, 1.82) is 0 Å². The Balaban J connectivity index is 2.38. The maximum Gasteiger partial charge on any atom is 0.251 e. The molecule has 0 amide bonds. The fourth-order valence-corrected chi connectivity index (χ4v) is 2.41. The first-order valence-corrected chi connectivity index (χ1v) is 5.99. The molecular weight excluding hydrogens is 232 g/mol. The van der Waals surface area contributed by atoms with Gasteiger partial charge >= 0.3 is 0 Å². The van der Waals surface area contributed by atoms with Crippen LogP contribution < -0.4 is 5.73 Å². The molecule has 3 nitrogen and oxygen atoms in total. The van der Waals surface area contributed by atoms with Crippen LogP contribution >= 0.6 is 12.2 Å². The average molecular weight is 251 g/mol. The van der Waals surface area contributed by atoms with E-state index in [0.717, 1.165) is 19.5 Å². The molecule has 0 radical (unpaired) electrons. The quantitative estimate of drug-likeness (QED) is 0.737. The molecule has 0 aliphatic carbocycles. The van der Waals surface area contributed by atoms with E-state index in [4.69, 9.17) is 18.0 Å². The molecule has 1 saturated heterocycles. The fourth-order valence-electron chi connectivity index (χ4n) is 2.09. The Morgan fingerprint density at radius 2 is 1.88 bits per heavy atom. The Hall–Kier alpha value is -0.330. The lowest BCUT2D eigenvalue weighted by molar-refractivity contribution is 0.0510. The van der Waals surface area contributed by atoms with Crippen LogP contribution in [-0.2, 0) is 0 Å². The molecular formula is C10H19F2N3S. The van der Waals surface area contributed by atoms with Gasteiger partial charge in [0.15, 0.2) is 0 Å². The van der Waals surface area contributed by atoms with Crippen molar-refractivity contribution in [2.45, 2.75) is 25.8 Å². The van der Waals surface area contributed by atoms with Crippen molar-refractivity contribution in [3.8, 4) is 0 Å². The molecule has 1 unspecified atom stereocenters. The molecule has 1 atom stereocenters. The third kappa shape index (κ3) is 3.92. The molecule has 0 aromatic carbocycles. The van der Waals surface area contributed by atoms with Crippen molar-refractivity contribution in [1.82, 2.24) is 9.80 Å². The summed E-state index contributed by atoms with van der Waals surface area (Å²) in [5.74, 6) is 0. The molecule has 0 saturated carbocycles. The van der Waals surface area contributed by atoms with Crippen molar-refractivity contribution >= 4 is 17.2 Å². The van der Waals surface area contributed by atoms with Crippen molar-refractivity contribution in [3.05, 3.63) is 0 Å². The maximum atomic E-state index is 12.2. The zero-order valence-electron chi connectivity index (χ0n) is 9.53. The number of nitrogens with zero attached hydrogens (tertiary/aromatic N) is 2. The summed E-state index contributed by atoms with van der Waals surface area (Å²) in [5, 5.41) is 0. The van der Waals surface area contributed by atoms with Crippen LogP contribution in [0.15, 0.2) is 0 Å². The summed E-state index contributed by atoms with van der Waals surface area (Å²) in [5.41, 5.74) is 5.65. The Morgan fingerprint density at radius 1 is 1.31 bits per heavy atom. The van der Waals surface area contributed by atoms with Gasteiger partial charge in [-0.25, -0.2) is 8.78 Å². The van der Waals surface area contributed by atoms with Crippen molar-refractivity contribution in [3.63, 3.8) is 0 Å². The number of piperazine rings is 1. The second kappa shape index (κ2) is 6.42. The van der Waals surface area contributed by atoms with Gasteiger partial charge in [-0.15, -0.1) is 0 Å². The van der Waals surface area contributed by atoms with E-state index in [0.29, 0.717) is 18.1 Å².